The molecule has 0 aliphatic heterocycles. The summed E-state index contributed by atoms with van der Waals surface area (Å²) in [7, 11) is 0. The maximum Gasteiger partial charge on any atom is 0.241 e. The van der Waals surface area contributed by atoms with Crippen molar-refractivity contribution in [2.24, 2.45) is 5.92 Å². The van der Waals surface area contributed by atoms with Crippen LogP contribution in [0.4, 0.5) is 5.69 Å². The Morgan fingerprint density at radius 2 is 2.13 bits per heavy atom. The van der Waals surface area contributed by atoms with E-state index in [2.05, 4.69) is 21.2 Å². The van der Waals surface area contributed by atoms with Gasteiger partial charge in [0.25, 0.3) is 0 Å². The highest BCUT2D eigenvalue weighted by Gasteiger charge is 2.14. The highest BCUT2D eigenvalue weighted by Crippen LogP contribution is 2.15. The van der Waals surface area contributed by atoms with Crippen molar-refractivity contribution in [2.45, 2.75) is 13.3 Å². The molecule has 4 heteroatoms. The van der Waals surface area contributed by atoms with Crippen molar-refractivity contribution >= 4 is 27.5 Å². The van der Waals surface area contributed by atoms with Gasteiger partial charge in [-0.15, -0.1) is 0 Å². The Hall–Kier alpha value is -1.34. The summed E-state index contributed by atoms with van der Waals surface area (Å²) in [5, 5.41) is 11.4. The van der Waals surface area contributed by atoms with Crippen LogP contribution in [0.1, 0.15) is 13.3 Å². The molecule has 15 heavy (non-hydrogen) atoms. The topological polar surface area (TPSA) is 52.9 Å². The first-order valence-corrected chi connectivity index (χ1v) is 5.42. The van der Waals surface area contributed by atoms with E-state index in [4.69, 9.17) is 5.26 Å². The molecule has 1 unspecified atom stereocenters. The SMILES string of the molecule is CCC(C#N)C(=O)Nc1ccc(Br)cc1. The molecule has 0 saturated heterocycles. The summed E-state index contributed by atoms with van der Waals surface area (Å²) in [6.45, 7) is 1.81. The van der Waals surface area contributed by atoms with Gasteiger partial charge < -0.3 is 5.32 Å². The van der Waals surface area contributed by atoms with Gasteiger partial charge in [-0.05, 0) is 30.7 Å². The molecule has 0 bridgehead atoms. The normalized spacial score (nSPS) is 11.5. The minimum atomic E-state index is -0.575. The lowest BCUT2D eigenvalue weighted by molar-refractivity contribution is -0.118. The maximum atomic E-state index is 11.5. The lowest BCUT2D eigenvalue weighted by atomic mass is 10.1. The Balaban J connectivity index is 2.67. The van der Waals surface area contributed by atoms with E-state index >= 15 is 0 Å². The van der Waals surface area contributed by atoms with Crippen LogP contribution in [-0.2, 0) is 4.79 Å². The number of halogens is 1. The van der Waals surface area contributed by atoms with Crippen LogP contribution in [-0.4, -0.2) is 5.91 Å². The van der Waals surface area contributed by atoms with Gasteiger partial charge in [0.15, 0.2) is 0 Å². The van der Waals surface area contributed by atoms with Crippen molar-refractivity contribution in [3.63, 3.8) is 0 Å². The van der Waals surface area contributed by atoms with Crippen molar-refractivity contribution in [3.05, 3.63) is 28.7 Å². The largest absolute Gasteiger partial charge is 0.325 e. The second-order valence-electron chi connectivity index (χ2n) is 3.09. The Bertz CT molecular complexity index is 381. The summed E-state index contributed by atoms with van der Waals surface area (Å²) in [5.41, 5.74) is 0.705. The molecule has 3 nitrogen and oxygen atoms in total. The van der Waals surface area contributed by atoms with Gasteiger partial charge in [0.1, 0.15) is 5.92 Å². The van der Waals surface area contributed by atoms with Gasteiger partial charge in [-0.25, -0.2) is 0 Å². The molecule has 78 valence electrons. The zero-order chi connectivity index (χ0) is 11.3. The van der Waals surface area contributed by atoms with E-state index in [1.54, 1.807) is 12.1 Å². The summed E-state index contributed by atoms with van der Waals surface area (Å²) in [6, 6.07) is 9.20. The van der Waals surface area contributed by atoms with Crippen molar-refractivity contribution in [3.8, 4) is 6.07 Å². The third-order valence-corrected chi connectivity index (χ3v) is 2.52. The van der Waals surface area contributed by atoms with Crippen molar-refractivity contribution in [1.29, 1.82) is 5.26 Å². The number of amides is 1. The van der Waals surface area contributed by atoms with Crippen LogP contribution in [0.3, 0.4) is 0 Å². The molecule has 0 spiro atoms. The number of benzene rings is 1. The number of nitriles is 1. The highest BCUT2D eigenvalue weighted by atomic mass is 79.9. The number of rotatable bonds is 3. The molecule has 0 radical (unpaired) electrons. The molecular weight excluding hydrogens is 256 g/mol. The van der Waals surface area contributed by atoms with Crippen LogP contribution in [0.25, 0.3) is 0 Å². The number of carbonyl (C=O) groups is 1. The molecule has 1 rings (SSSR count). The molecule has 0 saturated carbocycles. The average molecular weight is 267 g/mol. The summed E-state index contributed by atoms with van der Waals surface area (Å²) < 4.78 is 0.952. The van der Waals surface area contributed by atoms with Crippen LogP contribution in [0.5, 0.6) is 0 Å². The molecule has 1 aromatic carbocycles. The van der Waals surface area contributed by atoms with Gasteiger partial charge in [0.05, 0.1) is 6.07 Å². The maximum absolute atomic E-state index is 11.5. The van der Waals surface area contributed by atoms with Gasteiger partial charge in [0.2, 0.25) is 5.91 Å². The molecule has 0 aromatic heterocycles. The van der Waals surface area contributed by atoms with E-state index in [1.165, 1.54) is 0 Å². The van der Waals surface area contributed by atoms with E-state index in [1.807, 2.05) is 25.1 Å². The highest BCUT2D eigenvalue weighted by molar-refractivity contribution is 9.10. The van der Waals surface area contributed by atoms with E-state index in [0.717, 1.165) is 4.47 Å². The first-order chi connectivity index (χ1) is 7.17. The monoisotopic (exact) mass is 266 g/mol. The molecule has 0 aliphatic carbocycles. The number of nitrogens with one attached hydrogen (secondary N) is 1. The zero-order valence-corrected chi connectivity index (χ0v) is 9.91. The van der Waals surface area contributed by atoms with E-state index in [0.29, 0.717) is 12.1 Å². The summed E-state index contributed by atoms with van der Waals surface area (Å²) in [4.78, 5) is 11.5. The van der Waals surface area contributed by atoms with Gasteiger partial charge in [-0.2, -0.15) is 5.26 Å². The van der Waals surface area contributed by atoms with E-state index in [-0.39, 0.29) is 5.91 Å². The lowest BCUT2D eigenvalue weighted by Crippen LogP contribution is -2.20. The first kappa shape index (κ1) is 11.7. The van der Waals surface area contributed by atoms with Crippen LogP contribution >= 0.6 is 15.9 Å². The quantitative estimate of drug-likeness (QED) is 0.915. The Morgan fingerprint density at radius 3 is 2.60 bits per heavy atom. The number of hydrogen-bond donors (Lipinski definition) is 1. The molecular formula is C11H11BrN2O. The fraction of sp³-hybridized carbons (Fsp3) is 0.273. The van der Waals surface area contributed by atoms with Crippen LogP contribution in [0.2, 0.25) is 0 Å². The Morgan fingerprint density at radius 1 is 1.53 bits per heavy atom. The third kappa shape index (κ3) is 3.37. The summed E-state index contributed by atoms with van der Waals surface area (Å²) >= 11 is 3.30. The van der Waals surface area contributed by atoms with Crippen molar-refractivity contribution < 1.29 is 4.79 Å². The predicted octanol–water partition coefficient (Wildman–Crippen LogP) is 2.94. The Kier molecular flexibility index (Phi) is 4.32. The molecule has 0 aliphatic rings. The minimum Gasteiger partial charge on any atom is -0.325 e. The van der Waals surface area contributed by atoms with Gasteiger partial charge in [-0.1, -0.05) is 22.9 Å². The fourth-order valence-corrected chi connectivity index (χ4v) is 1.36. The number of carbonyl (C=O) groups excluding carboxylic acids is 1. The zero-order valence-electron chi connectivity index (χ0n) is 8.33. The third-order valence-electron chi connectivity index (χ3n) is 1.99. The number of anilines is 1. The fourth-order valence-electron chi connectivity index (χ4n) is 1.10. The van der Waals surface area contributed by atoms with E-state index in [9.17, 15) is 4.79 Å². The van der Waals surface area contributed by atoms with Gasteiger partial charge in [0, 0.05) is 10.2 Å². The number of nitrogens with zero attached hydrogens (tertiary/aromatic N) is 1. The van der Waals surface area contributed by atoms with Crippen LogP contribution in [0, 0.1) is 17.2 Å². The lowest BCUT2D eigenvalue weighted by Gasteiger charge is -2.07. The standard InChI is InChI=1S/C11H11BrN2O/c1-2-8(7-13)11(15)14-10-5-3-9(12)4-6-10/h3-6,8H,2H2,1H3,(H,14,15). The van der Waals surface area contributed by atoms with Gasteiger partial charge in [-0.3, -0.25) is 4.79 Å². The van der Waals surface area contributed by atoms with Crippen molar-refractivity contribution in [2.75, 3.05) is 5.32 Å². The predicted molar refractivity (Wildman–Crippen MR) is 62.2 cm³/mol. The average Bonchev–Trinajstić information content (AvgIpc) is 2.23. The molecule has 1 amide bonds. The van der Waals surface area contributed by atoms with Gasteiger partial charge >= 0.3 is 0 Å². The molecule has 1 aromatic rings. The minimum absolute atomic E-state index is 0.248. The number of hydrogen-bond acceptors (Lipinski definition) is 2. The molecule has 0 fully saturated rings. The summed E-state index contributed by atoms with van der Waals surface area (Å²) in [6.07, 6.45) is 0.527. The Labute approximate surface area is 97.2 Å². The first-order valence-electron chi connectivity index (χ1n) is 4.63. The molecule has 0 heterocycles. The molecule has 1 atom stereocenters. The van der Waals surface area contributed by atoms with Crippen LogP contribution < -0.4 is 5.32 Å². The second-order valence-corrected chi connectivity index (χ2v) is 4.00. The summed E-state index contributed by atoms with van der Waals surface area (Å²) in [5.74, 6) is -0.823. The second kappa shape index (κ2) is 5.52. The van der Waals surface area contributed by atoms with Crippen LogP contribution in [0.15, 0.2) is 28.7 Å². The molecule has 1 N–H and O–H groups in total. The van der Waals surface area contributed by atoms with E-state index < -0.39 is 5.92 Å². The van der Waals surface area contributed by atoms with Crippen molar-refractivity contribution in [1.82, 2.24) is 0 Å². The smallest absolute Gasteiger partial charge is 0.241 e.